The van der Waals surface area contributed by atoms with Gasteiger partial charge in [0.1, 0.15) is 5.82 Å². The van der Waals surface area contributed by atoms with E-state index in [4.69, 9.17) is 0 Å². The Morgan fingerprint density at radius 1 is 1.17 bits per heavy atom. The molecule has 0 bridgehead atoms. The van der Waals surface area contributed by atoms with Crippen molar-refractivity contribution in [3.8, 4) is 0 Å². The number of halogens is 2. The summed E-state index contributed by atoms with van der Waals surface area (Å²) >= 11 is 2.05. The van der Waals surface area contributed by atoms with Gasteiger partial charge in [0.05, 0.1) is 18.3 Å². The lowest BCUT2D eigenvalue weighted by Crippen LogP contribution is -2.35. The second-order valence-corrected chi connectivity index (χ2v) is 5.67. The van der Waals surface area contributed by atoms with Gasteiger partial charge in [-0.25, -0.2) is 9.82 Å². The van der Waals surface area contributed by atoms with Crippen LogP contribution in [0.1, 0.15) is 15.9 Å². The molecule has 0 unspecified atom stereocenters. The highest BCUT2D eigenvalue weighted by atomic mass is 127. The number of hydrogen-bond donors (Lipinski definition) is 2. The van der Waals surface area contributed by atoms with Crippen molar-refractivity contribution in [1.82, 2.24) is 10.7 Å². The average molecular weight is 425 g/mol. The molecule has 0 aromatic heterocycles. The Morgan fingerprint density at radius 3 is 2.70 bits per heavy atom. The van der Waals surface area contributed by atoms with Crippen molar-refractivity contribution in [3.05, 3.63) is 69.0 Å². The van der Waals surface area contributed by atoms with Crippen molar-refractivity contribution in [2.75, 3.05) is 6.54 Å². The van der Waals surface area contributed by atoms with E-state index in [-0.39, 0.29) is 18.3 Å². The molecule has 0 radical (unpaired) electrons. The predicted molar refractivity (Wildman–Crippen MR) is 93.6 cm³/mol. The van der Waals surface area contributed by atoms with Crippen molar-refractivity contribution in [3.63, 3.8) is 0 Å². The van der Waals surface area contributed by atoms with Crippen LogP contribution in [0.25, 0.3) is 0 Å². The van der Waals surface area contributed by atoms with Gasteiger partial charge < -0.3 is 5.32 Å². The standard InChI is InChI=1S/C16H13FIN3O2/c17-12-5-3-4-11(8-12)9-20-21-15(22)10-19-16(23)13-6-1-2-7-14(13)18/h1-9H,10H2,(H,19,23)(H,21,22)/b20-9-. The zero-order valence-corrected chi connectivity index (χ0v) is 14.1. The molecule has 2 amide bonds. The second kappa shape index (κ2) is 8.37. The van der Waals surface area contributed by atoms with Gasteiger partial charge in [-0.2, -0.15) is 5.10 Å². The van der Waals surface area contributed by atoms with Crippen LogP contribution in [-0.2, 0) is 4.79 Å². The fraction of sp³-hybridized carbons (Fsp3) is 0.0625. The largest absolute Gasteiger partial charge is 0.343 e. The molecule has 2 N–H and O–H groups in total. The first kappa shape index (κ1) is 17.1. The molecular weight excluding hydrogens is 412 g/mol. The number of benzene rings is 2. The quantitative estimate of drug-likeness (QED) is 0.439. The van der Waals surface area contributed by atoms with Gasteiger partial charge in [-0.05, 0) is 52.4 Å². The number of carbonyl (C=O) groups is 2. The van der Waals surface area contributed by atoms with Crippen LogP contribution in [0.15, 0.2) is 53.6 Å². The summed E-state index contributed by atoms with van der Waals surface area (Å²) in [6.07, 6.45) is 1.32. The highest BCUT2D eigenvalue weighted by Gasteiger charge is 2.10. The number of amides is 2. The first-order valence-corrected chi connectivity index (χ1v) is 7.74. The minimum atomic E-state index is -0.475. The molecule has 0 aliphatic heterocycles. The Balaban J connectivity index is 1.81. The lowest BCUT2D eigenvalue weighted by Gasteiger charge is -2.05. The van der Waals surface area contributed by atoms with E-state index in [1.807, 2.05) is 28.7 Å². The number of nitrogens with one attached hydrogen (secondary N) is 2. The number of rotatable bonds is 5. The van der Waals surface area contributed by atoms with E-state index in [1.165, 1.54) is 18.3 Å². The molecule has 2 aromatic rings. The molecule has 5 nitrogen and oxygen atoms in total. The van der Waals surface area contributed by atoms with Gasteiger partial charge in [0, 0.05) is 3.57 Å². The maximum atomic E-state index is 13.0. The molecule has 0 fully saturated rings. The summed E-state index contributed by atoms with van der Waals surface area (Å²) in [6, 6.07) is 12.9. The summed E-state index contributed by atoms with van der Waals surface area (Å²) in [6.45, 7) is -0.204. The van der Waals surface area contributed by atoms with Crippen molar-refractivity contribution >= 4 is 40.6 Å². The number of hydrogen-bond acceptors (Lipinski definition) is 3. The van der Waals surface area contributed by atoms with E-state index in [2.05, 4.69) is 15.8 Å². The van der Waals surface area contributed by atoms with E-state index < -0.39 is 5.91 Å². The summed E-state index contributed by atoms with van der Waals surface area (Å²) < 4.78 is 13.8. The van der Waals surface area contributed by atoms with E-state index in [9.17, 15) is 14.0 Å². The van der Waals surface area contributed by atoms with Crippen LogP contribution < -0.4 is 10.7 Å². The molecule has 2 rings (SSSR count). The zero-order valence-electron chi connectivity index (χ0n) is 11.9. The molecule has 2 aromatic carbocycles. The van der Waals surface area contributed by atoms with Gasteiger partial charge in [-0.3, -0.25) is 9.59 Å². The molecule has 0 atom stereocenters. The first-order valence-electron chi connectivity index (χ1n) is 6.66. The fourth-order valence-corrected chi connectivity index (χ4v) is 2.34. The van der Waals surface area contributed by atoms with E-state index in [0.717, 1.165) is 3.57 Å². The molecule has 118 valence electrons. The topological polar surface area (TPSA) is 70.6 Å². The highest BCUT2D eigenvalue weighted by molar-refractivity contribution is 14.1. The monoisotopic (exact) mass is 425 g/mol. The third kappa shape index (κ3) is 5.44. The molecule has 0 saturated heterocycles. The summed E-state index contributed by atoms with van der Waals surface area (Å²) in [4.78, 5) is 23.5. The molecule has 7 heteroatoms. The Morgan fingerprint density at radius 2 is 1.96 bits per heavy atom. The summed E-state index contributed by atoms with van der Waals surface area (Å²) in [5.74, 6) is -1.19. The van der Waals surface area contributed by atoms with Crippen molar-refractivity contribution in [2.45, 2.75) is 0 Å². The van der Waals surface area contributed by atoms with Gasteiger partial charge in [0.2, 0.25) is 0 Å². The van der Waals surface area contributed by atoms with Gasteiger partial charge in [-0.1, -0.05) is 24.3 Å². The zero-order chi connectivity index (χ0) is 16.7. The van der Waals surface area contributed by atoms with E-state index in [0.29, 0.717) is 11.1 Å². The molecule has 0 aliphatic rings. The first-order chi connectivity index (χ1) is 11.1. The minimum Gasteiger partial charge on any atom is -0.343 e. The molecule has 0 heterocycles. The fourth-order valence-electron chi connectivity index (χ4n) is 1.71. The van der Waals surface area contributed by atoms with Gasteiger partial charge >= 0.3 is 0 Å². The molecule has 0 spiro atoms. The molecular formula is C16H13FIN3O2. The maximum Gasteiger partial charge on any atom is 0.259 e. The lowest BCUT2D eigenvalue weighted by molar-refractivity contribution is -0.120. The number of hydrazone groups is 1. The van der Waals surface area contributed by atoms with E-state index in [1.54, 1.807) is 30.3 Å². The Labute approximate surface area is 146 Å². The van der Waals surface area contributed by atoms with Crippen LogP contribution in [0.2, 0.25) is 0 Å². The third-order valence-electron chi connectivity index (χ3n) is 2.78. The number of nitrogens with zero attached hydrogens (tertiary/aromatic N) is 1. The predicted octanol–water partition coefficient (Wildman–Crippen LogP) is 2.31. The Hall–Kier alpha value is -2.29. The summed E-state index contributed by atoms with van der Waals surface area (Å²) in [7, 11) is 0. The van der Waals surface area contributed by atoms with Gasteiger partial charge in [-0.15, -0.1) is 0 Å². The van der Waals surface area contributed by atoms with Crippen molar-refractivity contribution < 1.29 is 14.0 Å². The van der Waals surface area contributed by atoms with Crippen LogP contribution in [-0.4, -0.2) is 24.6 Å². The van der Waals surface area contributed by atoms with Crippen LogP contribution in [0.5, 0.6) is 0 Å². The SMILES string of the molecule is O=C(CNC(=O)c1ccccc1I)N/N=C\c1cccc(F)c1. The normalized spacial score (nSPS) is 10.5. The lowest BCUT2D eigenvalue weighted by atomic mass is 10.2. The smallest absolute Gasteiger partial charge is 0.259 e. The van der Waals surface area contributed by atoms with Gasteiger partial charge in [0.15, 0.2) is 0 Å². The second-order valence-electron chi connectivity index (χ2n) is 4.51. The maximum absolute atomic E-state index is 13.0. The van der Waals surface area contributed by atoms with E-state index >= 15 is 0 Å². The van der Waals surface area contributed by atoms with Crippen molar-refractivity contribution in [2.24, 2.45) is 5.10 Å². The molecule has 0 aliphatic carbocycles. The molecule has 23 heavy (non-hydrogen) atoms. The minimum absolute atomic E-state index is 0.204. The van der Waals surface area contributed by atoms with Crippen LogP contribution in [0, 0.1) is 9.39 Å². The average Bonchev–Trinajstić information content (AvgIpc) is 2.53. The Bertz CT molecular complexity index is 750. The summed E-state index contributed by atoms with van der Waals surface area (Å²) in [5.41, 5.74) is 3.29. The highest BCUT2D eigenvalue weighted by Crippen LogP contribution is 2.10. The summed E-state index contributed by atoms with van der Waals surface area (Å²) in [5, 5.41) is 6.21. The Kier molecular flexibility index (Phi) is 6.21. The van der Waals surface area contributed by atoms with Gasteiger partial charge in [0.25, 0.3) is 11.8 Å². The van der Waals surface area contributed by atoms with Crippen molar-refractivity contribution in [1.29, 1.82) is 0 Å². The van der Waals surface area contributed by atoms with Crippen LogP contribution in [0.4, 0.5) is 4.39 Å². The van der Waals surface area contributed by atoms with Crippen LogP contribution >= 0.6 is 22.6 Å². The van der Waals surface area contributed by atoms with Crippen LogP contribution in [0.3, 0.4) is 0 Å². The molecule has 0 saturated carbocycles. The third-order valence-corrected chi connectivity index (χ3v) is 3.72. The number of carbonyl (C=O) groups excluding carboxylic acids is 2.